The second-order valence-corrected chi connectivity index (χ2v) is 8.05. The lowest BCUT2D eigenvalue weighted by Gasteiger charge is -2.32. The second-order valence-electron chi connectivity index (χ2n) is 4.92. The second kappa shape index (κ2) is 11.7. The van der Waals surface area contributed by atoms with Crippen LogP contribution in [0.5, 0.6) is 0 Å². The molecule has 0 spiro atoms. The molecule has 22 heavy (non-hydrogen) atoms. The van der Waals surface area contributed by atoms with Gasteiger partial charge in [0.15, 0.2) is 0 Å². The van der Waals surface area contributed by atoms with E-state index in [1.54, 1.807) is 28.3 Å². The van der Waals surface area contributed by atoms with Crippen LogP contribution in [0.15, 0.2) is 12.2 Å². The van der Waals surface area contributed by atoms with Crippen molar-refractivity contribution in [1.29, 1.82) is 0 Å². The van der Waals surface area contributed by atoms with Gasteiger partial charge in [-0.05, 0) is 13.3 Å². The van der Waals surface area contributed by atoms with Crippen LogP contribution < -0.4 is 16.0 Å². The fourth-order valence-corrected chi connectivity index (χ4v) is 4.32. The van der Waals surface area contributed by atoms with Crippen LogP contribution in [0.3, 0.4) is 0 Å². The average Bonchev–Trinajstić information content (AvgIpc) is 2.53. The van der Waals surface area contributed by atoms with Gasteiger partial charge in [0, 0.05) is 53.1 Å². The zero-order chi connectivity index (χ0) is 17.0. The smallest absolute Gasteiger partial charge is 0.376 e. The summed E-state index contributed by atoms with van der Waals surface area (Å²) in [4.78, 5) is 11.3. The molecule has 0 aromatic carbocycles. The van der Waals surface area contributed by atoms with E-state index in [1.807, 2.05) is 0 Å². The van der Waals surface area contributed by atoms with E-state index in [-0.39, 0.29) is 11.6 Å². The fraction of sp³-hybridized carbons (Fsp3) is 0.786. The van der Waals surface area contributed by atoms with Crippen molar-refractivity contribution in [3.05, 3.63) is 12.2 Å². The number of nitrogens with one attached hydrogen (secondary N) is 3. The summed E-state index contributed by atoms with van der Waals surface area (Å²) in [5, 5.41) is 9.42. The first kappa shape index (κ1) is 21.2. The third-order valence-electron chi connectivity index (χ3n) is 3.36. The fourth-order valence-electron chi connectivity index (χ4n) is 2.07. The van der Waals surface area contributed by atoms with Crippen molar-refractivity contribution in [3.63, 3.8) is 0 Å². The van der Waals surface area contributed by atoms with E-state index < -0.39 is 8.80 Å². The molecule has 0 rings (SSSR count). The molecule has 0 saturated heterocycles. The minimum absolute atomic E-state index is 0.0532. The van der Waals surface area contributed by atoms with Gasteiger partial charge < -0.3 is 29.2 Å². The van der Waals surface area contributed by atoms with Crippen LogP contribution in [0.2, 0.25) is 0 Å². The van der Waals surface area contributed by atoms with Gasteiger partial charge in [-0.1, -0.05) is 13.5 Å². The van der Waals surface area contributed by atoms with Crippen LogP contribution in [0, 0.1) is 0 Å². The van der Waals surface area contributed by atoms with Crippen LogP contribution in [-0.4, -0.2) is 67.9 Å². The highest BCUT2D eigenvalue weighted by atomic mass is 28.4. The summed E-state index contributed by atoms with van der Waals surface area (Å²) in [6.07, 6.45) is 0.858. The minimum atomic E-state index is -2.66. The Morgan fingerprint density at radius 3 is 2.09 bits per heavy atom. The average molecular weight is 334 g/mol. The lowest BCUT2D eigenvalue weighted by atomic mass is 10.3. The Balaban J connectivity index is 3.93. The Kier molecular flexibility index (Phi) is 11.3. The van der Waals surface area contributed by atoms with E-state index in [1.165, 1.54) is 0 Å². The summed E-state index contributed by atoms with van der Waals surface area (Å²) in [6, 6.07) is 0. The molecule has 1 unspecified atom stereocenters. The lowest BCUT2D eigenvalue weighted by molar-refractivity contribution is -0.117. The molecular weight excluding hydrogens is 302 g/mol. The molecule has 0 aliphatic rings. The largest absolute Gasteiger partial charge is 0.517 e. The molecule has 8 heteroatoms. The first-order valence-corrected chi connectivity index (χ1v) is 9.30. The molecule has 1 atom stereocenters. The number of amides is 1. The molecule has 130 valence electrons. The minimum Gasteiger partial charge on any atom is -0.376 e. The maximum atomic E-state index is 11.3. The van der Waals surface area contributed by atoms with Gasteiger partial charge in [-0.3, -0.25) is 4.79 Å². The quantitative estimate of drug-likeness (QED) is 0.251. The first-order valence-electron chi connectivity index (χ1n) is 7.50. The van der Waals surface area contributed by atoms with Crippen molar-refractivity contribution in [2.75, 3.05) is 47.5 Å². The summed E-state index contributed by atoms with van der Waals surface area (Å²) in [5.74, 6) is -0.109. The molecule has 0 aliphatic heterocycles. The summed E-state index contributed by atoms with van der Waals surface area (Å²) >= 11 is 0. The lowest BCUT2D eigenvalue weighted by Crippen LogP contribution is -2.60. The molecule has 0 fully saturated rings. The number of hydrogen-bond donors (Lipinski definition) is 3. The van der Waals surface area contributed by atoms with Crippen LogP contribution in [0.25, 0.3) is 0 Å². The maximum absolute atomic E-state index is 11.3. The van der Waals surface area contributed by atoms with Gasteiger partial charge in [0.25, 0.3) is 0 Å². The highest BCUT2D eigenvalue weighted by Crippen LogP contribution is 2.14. The Morgan fingerprint density at radius 2 is 1.64 bits per heavy atom. The third-order valence-corrected chi connectivity index (χ3v) is 6.53. The predicted octanol–water partition coefficient (Wildman–Crippen LogP) is 0.0538. The molecule has 0 radical (unpaired) electrons. The molecule has 0 heterocycles. The van der Waals surface area contributed by atoms with Crippen molar-refractivity contribution < 1.29 is 18.1 Å². The van der Waals surface area contributed by atoms with E-state index >= 15 is 0 Å². The van der Waals surface area contributed by atoms with Crippen LogP contribution in [0.1, 0.15) is 20.3 Å². The van der Waals surface area contributed by atoms with Gasteiger partial charge in [0.1, 0.15) is 0 Å². The Hall–Kier alpha value is -0.773. The summed E-state index contributed by atoms with van der Waals surface area (Å²) in [6.45, 7) is 10.2. The molecular formula is C14H31N3O4Si. The molecule has 0 aromatic rings. The molecule has 0 bridgehead atoms. The van der Waals surface area contributed by atoms with Crippen LogP contribution >= 0.6 is 0 Å². The zero-order valence-electron chi connectivity index (χ0n) is 14.5. The Labute approximate surface area is 135 Å². The van der Waals surface area contributed by atoms with Gasteiger partial charge in [0.05, 0.1) is 5.67 Å². The number of carbonyl (C=O) groups is 1. The van der Waals surface area contributed by atoms with Crippen LogP contribution in [-0.2, 0) is 18.1 Å². The molecule has 1 amide bonds. The normalized spacial score (nSPS) is 13.0. The molecule has 0 aliphatic carbocycles. The Bertz CT molecular complexity index is 330. The molecule has 0 saturated carbocycles. The molecule has 3 N–H and O–H groups in total. The van der Waals surface area contributed by atoms with Crippen molar-refractivity contribution in [1.82, 2.24) is 16.0 Å². The number of hydrogen-bond acceptors (Lipinski definition) is 6. The zero-order valence-corrected chi connectivity index (χ0v) is 15.5. The molecule has 0 aromatic heterocycles. The monoisotopic (exact) mass is 333 g/mol. The van der Waals surface area contributed by atoms with Gasteiger partial charge in [-0.15, -0.1) is 0 Å². The van der Waals surface area contributed by atoms with Crippen LogP contribution in [0.4, 0.5) is 0 Å². The SMILES string of the molecule is C=C(C)C(=O)NCCNCCNC(CC)[Si](OC)(OC)OC. The summed E-state index contributed by atoms with van der Waals surface area (Å²) in [7, 11) is 2.20. The number of carbonyl (C=O) groups excluding carboxylic acids is 1. The Morgan fingerprint density at radius 1 is 1.09 bits per heavy atom. The van der Waals surface area contributed by atoms with Gasteiger partial charge in [0.2, 0.25) is 5.91 Å². The van der Waals surface area contributed by atoms with Gasteiger partial charge in [-0.25, -0.2) is 0 Å². The van der Waals surface area contributed by atoms with E-state index in [0.717, 1.165) is 19.5 Å². The van der Waals surface area contributed by atoms with Crippen molar-refractivity contribution >= 4 is 14.7 Å². The van der Waals surface area contributed by atoms with Crippen molar-refractivity contribution in [3.8, 4) is 0 Å². The van der Waals surface area contributed by atoms with E-state index in [4.69, 9.17) is 13.3 Å². The third kappa shape index (κ3) is 6.99. The van der Waals surface area contributed by atoms with Gasteiger partial charge in [-0.2, -0.15) is 0 Å². The van der Waals surface area contributed by atoms with Crippen molar-refractivity contribution in [2.24, 2.45) is 0 Å². The van der Waals surface area contributed by atoms with E-state index in [0.29, 0.717) is 18.7 Å². The molecule has 7 nitrogen and oxygen atoms in total. The predicted molar refractivity (Wildman–Crippen MR) is 89.6 cm³/mol. The summed E-state index contributed by atoms with van der Waals surface area (Å²) < 4.78 is 16.5. The summed E-state index contributed by atoms with van der Waals surface area (Å²) in [5.41, 5.74) is 0.574. The first-order chi connectivity index (χ1) is 10.5. The van der Waals surface area contributed by atoms with Crippen molar-refractivity contribution in [2.45, 2.75) is 25.9 Å². The van der Waals surface area contributed by atoms with E-state index in [9.17, 15) is 4.79 Å². The van der Waals surface area contributed by atoms with E-state index in [2.05, 4.69) is 29.5 Å². The topological polar surface area (TPSA) is 80.9 Å². The highest BCUT2D eigenvalue weighted by molar-refractivity contribution is 6.62. The number of rotatable bonds is 13. The van der Waals surface area contributed by atoms with Gasteiger partial charge >= 0.3 is 8.80 Å². The maximum Gasteiger partial charge on any atom is 0.517 e. The standard InChI is InChI=1S/C14H31N3O4Si/c1-7-13(22(19-4,20-5)21-6)16-10-8-15-9-11-17-14(18)12(2)3/h13,15-16H,2,7-11H2,1,3-6H3,(H,17,18). The highest BCUT2D eigenvalue weighted by Gasteiger charge is 2.46.